The zero-order valence-electron chi connectivity index (χ0n) is 13.4. The number of benzene rings is 2. The van der Waals surface area contributed by atoms with Gasteiger partial charge in [0.15, 0.2) is 17.7 Å². The first-order valence-corrected chi connectivity index (χ1v) is 7.25. The summed E-state index contributed by atoms with van der Waals surface area (Å²) in [5.74, 6) is 1.50. The third-order valence-electron chi connectivity index (χ3n) is 3.94. The third-order valence-corrected chi connectivity index (χ3v) is 3.94. The van der Waals surface area contributed by atoms with E-state index in [0.29, 0.717) is 0 Å². The predicted octanol–water partition coefficient (Wildman–Crippen LogP) is 3.66. The molecule has 0 fully saturated rings. The minimum atomic E-state index is 0.748. The summed E-state index contributed by atoms with van der Waals surface area (Å²) in [7, 11) is 5.38. The lowest BCUT2D eigenvalue weighted by Gasteiger charge is -2.09. The number of rotatable bonds is 3. The van der Waals surface area contributed by atoms with Crippen LogP contribution in [0.1, 0.15) is 5.56 Å². The Labute approximate surface area is 130 Å². The van der Waals surface area contributed by atoms with E-state index in [-0.39, 0.29) is 0 Å². The number of nitrogens with zero attached hydrogens (tertiary/aromatic N) is 1. The Bertz CT molecular complexity index is 823. The van der Waals surface area contributed by atoms with Crippen LogP contribution in [0.25, 0.3) is 22.0 Å². The van der Waals surface area contributed by atoms with Gasteiger partial charge in [0.1, 0.15) is 7.05 Å². The van der Waals surface area contributed by atoms with Crippen molar-refractivity contribution in [3.8, 4) is 22.8 Å². The summed E-state index contributed by atoms with van der Waals surface area (Å²) < 4.78 is 12.9. The number of aromatic nitrogens is 1. The molecule has 0 radical (unpaired) electrons. The molecule has 1 aromatic heterocycles. The molecule has 0 unspecified atom stereocenters. The fraction of sp³-hybridized carbons (Fsp3) is 0.211. The summed E-state index contributed by atoms with van der Waals surface area (Å²) in [6.45, 7) is 2.10. The lowest BCUT2D eigenvalue weighted by atomic mass is 10.0. The maximum atomic E-state index is 5.40. The van der Waals surface area contributed by atoms with Crippen LogP contribution < -0.4 is 14.0 Å². The molecule has 3 nitrogen and oxygen atoms in total. The van der Waals surface area contributed by atoms with E-state index in [9.17, 15) is 0 Å². The monoisotopic (exact) mass is 294 g/mol. The maximum absolute atomic E-state index is 5.40. The van der Waals surface area contributed by atoms with Gasteiger partial charge in [-0.3, -0.25) is 0 Å². The number of pyridine rings is 1. The Balaban J connectivity index is 2.20. The highest BCUT2D eigenvalue weighted by molar-refractivity contribution is 5.87. The molecule has 1 heterocycles. The van der Waals surface area contributed by atoms with Gasteiger partial charge < -0.3 is 9.47 Å². The minimum absolute atomic E-state index is 0.748. The molecular weight excluding hydrogens is 274 g/mol. The third kappa shape index (κ3) is 2.50. The molecule has 0 atom stereocenters. The van der Waals surface area contributed by atoms with Crippen molar-refractivity contribution in [1.29, 1.82) is 0 Å². The molecule has 0 aliphatic rings. The molecule has 0 aliphatic heterocycles. The number of methoxy groups -OCH3 is 2. The van der Waals surface area contributed by atoms with Gasteiger partial charge in [-0.05, 0) is 36.6 Å². The van der Waals surface area contributed by atoms with Crippen LogP contribution in [0.2, 0.25) is 0 Å². The van der Waals surface area contributed by atoms with Crippen molar-refractivity contribution < 1.29 is 14.0 Å². The molecular formula is C19H20NO2+. The molecule has 22 heavy (non-hydrogen) atoms. The summed E-state index contributed by atoms with van der Waals surface area (Å²) in [4.78, 5) is 0. The standard InChI is InChI=1S/C19H20NO2/c1-13-5-7-14(8-6-13)17-9-15-10-18(21-3)19(22-4)11-16(15)12-20(17)2/h5-12H,1-4H3/q+1. The SMILES string of the molecule is COc1cc2cc(-c3ccc(C)cc3)[n+](C)cc2cc1OC. The van der Waals surface area contributed by atoms with E-state index in [1.807, 2.05) is 12.1 Å². The minimum Gasteiger partial charge on any atom is -0.493 e. The molecule has 3 aromatic rings. The summed E-state index contributed by atoms with van der Waals surface area (Å²) in [6, 6.07) is 14.8. The van der Waals surface area contributed by atoms with Crippen molar-refractivity contribution in [2.75, 3.05) is 14.2 Å². The average Bonchev–Trinajstić information content (AvgIpc) is 2.54. The van der Waals surface area contributed by atoms with Crippen LogP contribution in [0.15, 0.2) is 48.7 Å². The first-order chi connectivity index (χ1) is 10.6. The predicted molar refractivity (Wildman–Crippen MR) is 88.4 cm³/mol. The zero-order chi connectivity index (χ0) is 15.7. The summed E-state index contributed by atoms with van der Waals surface area (Å²) in [5, 5.41) is 2.25. The quantitative estimate of drug-likeness (QED) is 0.688. The Hall–Kier alpha value is -2.55. The van der Waals surface area contributed by atoms with Crippen LogP contribution >= 0.6 is 0 Å². The van der Waals surface area contributed by atoms with Crippen LogP contribution in [0.4, 0.5) is 0 Å². The normalized spacial score (nSPS) is 10.7. The molecule has 0 saturated carbocycles. The van der Waals surface area contributed by atoms with E-state index in [2.05, 4.69) is 55.1 Å². The molecule has 3 heteroatoms. The van der Waals surface area contributed by atoms with Gasteiger partial charge in [-0.15, -0.1) is 0 Å². The van der Waals surface area contributed by atoms with E-state index >= 15 is 0 Å². The van der Waals surface area contributed by atoms with Gasteiger partial charge in [0.2, 0.25) is 5.69 Å². The van der Waals surface area contributed by atoms with Crippen LogP contribution in [-0.2, 0) is 7.05 Å². The largest absolute Gasteiger partial charge is 0.493 e. The number of hydrogen-bond acceptors (Lipinski definition) is 2. The van der Waals surface area contributed by atoms with E-state index in [4.69, 9.17) is 9.47 Å². The van der Waals surface area contributed by atoms with Crippen molar-refractivity contribution in [2.24, 2.45) is 7.05 Å². The fourth-order valence-corrected chi connectivity index (χ4v) is 2.69. The number of aryl methyl sites for hydroxylation is 2. The van der Waals surface area contributed by atoms with Gasteiger partial charge >= 0.3 is 0 Å². The summed E-state index contributed by atoms with van der Waals surface area (Å²) in [5.41, 5.74) is 3.63. The second kappa shape index (κ2) is 5.68. The van der Waals surface area contributed by atoms with Crippen LogP contribution in [0, 0.1) is 6.92 Å². The van der Waals surface area contributed by atoms with Crippen LogP contribution in [-0.4, -0.2) is 14.2 Å². The van der Waals surface area contributed by atoms with Gasteiger partial charge in [0, 0.05) is 17.0 Å². The van der Waals surface area contributed by atoms with Gasteiger partial charge in [-0.2, -0.15) is 0 Å². The zero-order valence-corrected chi connectivity index (χ0v) is 13.4. The topological polar surface area (TPSA) is 22.3 Å². The van der Waals surface area contributed by atoms with Crippen molar-refractivity contribution in [1.82, 2.24) is 0 Å². The van der Waals surface area contributed by atoms with Crippen molar-refractivity contribution in [2.45, 2.75) is 6.92 Å². The van der Waals surface area contributed by atoms with E-state index in [0.717, 1.165) is 22.3 Å². The van der Waals surface area contributed by atoms with Gasteiger partial charge in [-0.1, -0.05) is 17.7 Å². The van der Waals surface area contributed by atoms with Crippen LogP contribution in [0.3, 0.4) is 0 Å². The highest BCUT2D eigenvalue weighted by Crippen LogP contribution is 2.32. The molecule has 0 aliphatic carbocycles. The molecule has 0 saturated heterocycles. The Morgan fingerprint density at radius 1 is 0.818 bits per heavy atom. The number of ether oxygens (including phenoxy) is 2. The first-order valence-electron chi connectivity index (χ1n) is 7.25. The highest BCUT2D eigenvalue weighted by Gasteiger charge is 2.14. The molecule has 112 valence electrons. The lowest BCUT2D eigenvalue weighted by molar-refractivity contribution is -0.659. The summed E-state index contributed by atoms with van der Waals surface area (Å²) in [6.07, 6.45) is 2.12. The van der Waals surface area contributed by atoms with Crippen molar-refractivity contribution in [3.63, 3.8) is 0 Å². The van der Waals surface area contributed by atoms with E-state index in [1.54, 1.807) is 14.2 Å². The molecule has 0 amide bonds. The summed E-state index contributed by atoms with van der Waals surface area (Å²) >= 11 is 0. The van der Waals surface area contributed by atoms with Crippen molar-refractivity contribution in [3.05, 3.63) is 54.2 Å². The fourth-order valence-electron chi connectivity index (χ4n) is 2.69. The molecule has 3 rings (SSSR count). The Kier molecular flexibility index (Phi) is 3.72. The van der Waals surface area contributed by atoms with Gasteiger partial charge in [0.05, 0.1) is 14.2 Å². The maximum Gasteiger partial charge on any atom is 0.212 e. The lowest BCUT2D eigenvalue weighted by Crippen LogP contribution is -2.30. The second-order valence-corrected chi connectivity index (χ2v) is 5.47. The second-order valence-electron chi connectivity index (χ2n) is 5.47. The van der Waals surface area contributed by atoms with Gasteiger partial charge in [-0.25, -0.2) is 4.57 Å². The van der Waals surface area contributed by atoms with Crippen molar-refractivity contribution >= 4 is 10.8 Å². The molecule has 0 bridgehead atoms. The number of fused-ring (bicyclic) bond motifs is 1. The van der Waals surface area contributed by atoms with Crippen LogP contribution in [0.5, 0.6) is 11.5 Å². The number of hydrogen-bond donors (Lipinski definition) is 0. The van der Waals surface area contributed by atoms with Gasteiger partial charge in [0.25, 0.3) is 0 Å². The molecule has 2 aromatic carbocycles. The average molecular weight is 294 g/mol. The Morgan fingerprint density at radius 3 is 2.00 bits per heavy atom. The molecule has 0 N–H and O–H groups in total. The van der Waals surface area contributed by atoms with E-state index in [1.165, 1.54) is 16.8 Å². The smallest absolute Gasteiger partial charge is 0.212 e. The Morgan fingerprint density at radius 2 is 1.41 bits per heavy atom. The highest BCUT2D eigenvalue weighted by atomic mass is 16.5. The molecule has 0 spiro atoms. The first kappa shape index (κ1) is 14.4. The van der Waals surface area contributed by atoms with E-state index < -0.39 is 0 Å².